The Kier molecular flexibility index (Phi) is 3.79. The van der Waals surface area contributed by atoms with E-state index < -0.39 is 19.1 Å². The van der Waals surface area contributed by atoms with Gasteiger partial charge in [0.15, 0.2) is 14.4 Å². The van der Waals surface area contributed by atoms with Crippen molar-refractivity contribution >= 4 is 46.2 Å². The van der Waals surface area contributed by atoms with Crippen LogP contribution in [0, 0.1) is 6.92 Å². The summed E-state index contributed by atoms with van der Waals surface area (Å²) >= 11 is 0.639. The van der Waals surface area contributed by atoms with E-state index in [1.165, 1.54) is 24.0 Å². The van der Waals surface area contributed by atoms with Crippen molar-refractivity contribution in [1.82, 2.24) is 14.5 Å². The van der Waals surface area contributed by atoms with E-state index in [0.717, 1.165) is 0 Å². The van der Waals surface area contributed by atoms with Gasteiger partial charge in [0.25, 0.3) is 19.1 Å². The molecule has 0 aromatic carbocycles. The van der Waals surface area contributed by atoms with Gasteiger partial charge in [-0.05, 0) is 6.92 Å². The first kappa shape index (κ1) is 15.2. The molecule has 2 aromatic heterocycles. The van der Waals surface area contributed by atoms with E-state index in [4.69, 9.17) is 10.7 Å². The SMILES string of the molecule is Cc1nc(NS(=O)(=O)c2cn(C)cn2)sc1S(=O)(=O)Cl. The summed E-state index contributed by atoms with van der Waals surface area (Å²) in [5.74, 6) is 0. The van der Waals surface area contributed by atoms with Gasteiger partial charge in [-0.2, -0.15) is 8.42 Å². The molecule has 0 aliphatic heterocycles. The zero-order chi connectivity index (χ0) is 15.1. The Morgan fingerprint density at radius 3 is 2.45 bits per heavy atom. The fraction of sp³-hybridized carbons (Fsp3) is 0.250. The van der Waals surface area contributed by atoms with Crippen molar-refractivity contribution in [2.45, 2.75) is 16.2 Å². The van der Waals surface area contributed by atoms with Crippen LogP contribution in [0.25, 0.3) is 0 Å². The molecular formula is C8H9ClN4O4S3. The first-order valence-electron chi connectivity index (χ1n) is 5.02. The van der Waals surface area contributed by atoms with Crippen molar-refractivity contribution in [2.75, 3.05) is 4.72 Å². The molecular weight excluding hydrogens is 348 g/mol. The molecule has 0 spiro atoms. The molecule has 8 nitrogen and oxygen atoms in total. The number of hydrogen-bond donors (Lipinski definition) is 1. The topological polar surface area (TPSA) is 111 Å². The first-order valence-corrected chi connectivity index (χ1v) is 9.63. The molecule has 0 radical (unpaired) electrons. The molecule has 12 heteroatoms. The first-order chi connectivity index (χ1) is 9.09. The lowest BCUT2D eigenvalue weighted by atomic mass is 10.6. The summed E-state index contributed by atoms with van der Waals surface area (Å²) in [5, 5.41) is -0.282. The lowest BCUT2D eigenvalue weighted by molar-refractivity contribution is 0.598. The van der Waals surface area contributed by atoms with Crippen molar-refractivity contribution in [1.29, 1.82) is 0 Å². The van der Waals surface area contributed by atoms with Gasteiger partial charge in [-0.1, -0.05) is 11.3 Å². The summed E-state index contributed by atoms with van der Waals surface area (Å²) in [5.41, 5.74) is 0.128. The highest BCUT2D eigenvalue weighted by Gasteiger charge is 2.23. The molecule has 0 aliphatic carbocycles. The van der Waals surface area contributed by atoms with Crippen molar-refractivity contribution in [3.05, 3.63) is 18.2 Å². The molecule has 110 valence electrons. The summed E-state index contributed by atoms with van der Waals surface area (Å²) in [4.78, 5) is 7.53. The average molecular weight is 357 g/mol. The highest BCUT2D eigenvalue weighted by Crippen LogP contribution is 2.30. The predicted octanol–water partition coefficient (Wildman–Crippen LogP) is 0.913. The van der Waals surface area contributed by atoms with E-state index in [2.05, 4.69) is 14.7 Å². The Bertz CT molecular complexity index is 852. The highest BCUT2D eigenvalue weighted by molar-refractivity contribution is 8.15. The number of thiazole rings is 1. The molecule has 1 N–H and O–H groups in total. The molecule has 2 heterocycles. The Labute approximate surface area is 123 Å². The Balaban J connectivity index is 2.36. The van der Waals surface area contributed by atoms with Crippen LogP contribution in [0.3, 0.4) is 0 Å². The van der Waals surface area contributed by atoms with Crippen molar-refractivity contribution in [3.63, 3.8) is 0 Å². The maximum atomic E-state index is 12.0. The van der Waals surface area contributed by atoms with Gasteiger partial charge in [0, 0.05) is 23.9 Å². The van der Waals surface area contributed by atoms with Gasteiger partial charge in [0.05, 0.1) is 12.0 Å². The van der Waals surface area contributed by atoms with Gasteiger partial charge in [-0.15, -0.1) is 0 Å². The molecule has 2 rings (SSSR count). The molecule has 0 saturated carbocycles. The number of aryl methyl sites for hydroxylation is 2. The molecule has 0 bridgehead atoms. The van der Waals surface area contributed by atoms with Crippen molar-refractivity contribution in [3.8, 4) is 0 Å². The fourth-order valence-electron chi connectivity index (χ4n) is 1.35. The fourth-order valence-corrected chi connectivity index (χ4v) is 4.92. The molecule has 0 saturated heterocycles. The zero-order valence-corrected chi connectivity index (χ0v) is 13.4. The quantitative estimate of drug-likeness (QED) is 0.815. The van der Waals surface area contributed by atoms with E-state index in [9.17, 15) is 16.8 Å². The summed E-state index contributed by atoms with van der Waals surface area (Å²) in [7, 11) is -1.03. The smallest absolute Gasteiger partial charge is 0.282 e. The molecule has 0 amide bonds. The lowest BCUT2D eigenvalue weighted by Gasteiger charge is -2.00. The van der Waals surface area contributed by atoms with E-state index in [1.54, 1.807) is 7.05 Å². The maximum Gasteiger partial charge on any atom is 0.282 e. The largest absolute Gasteiger partial charge is 0.339 e. The van der Waals surface area contributed by atoms with Gasteiger partial charge in [-0.25, -0.2) is 18.4 Å². The van der Waals surface area contributed by atoms with E-state index >= 15 is 0 Å². The van der Waals surface area contributed by atoms with Gasteiger partial charge in [-0.3, -0.25) is 4.72 Å². The number of nitrogens with one attached hydrogen (secondary N) is 1. The van der Waals surface area contributed by atoms with Crippen molar-refractivity contribution in [2.24, 2.45) is 7.05 Å². The third-order valence-electron chi connectivity index (χ3n) is 2.15. The van der Waals surface area contributed by atoms with Crippen LogP contribution in [0.4, 0.5) is 5.13 Å². The monoisotopic (exact) mass is 356 g/mol. The third-order valence-corrected chi connectivity index (χ3v) is 6.76. The summed E-state index contributed by atoms with van der Waals surface area (Å²) in [6, 6.07) is 0. The molecule has 0 fully saturated rings. The standard InChI is InChI=1S/C8H9ClN4O4S3/c1-5-7(19(9,14)15)18-8(11-5)12-20(16,17)6-3-13(2)4-10-6/h3-4H,1-2H3,(H,11,12). The molecule has 0 atom stereocenters. The Hall–Kier alpha value is -1.17. The number of halogens is 1. The van der Waals surface area contributed by atoms with Crippen LogP contribution in [0.1, 0.15) is 5.69 Å². The number of rotatable bonds is 4. The lowest BCUT2D eigenvalue weighted by Crippen LogP contribution is -2.13. The summed E-state index contributed by atoms with van der Waals surface area (Å²) < 4.78 is 49.9. The maximum absolute atomic E-state index is 12.0. The van der Waals surface area contributed by atoms with Crippen LogP contribution in [-0.4, -0.2) is 31.4 Å². The second kappa shape index (κ2) is 4.98. The van der Waals surface area contributed by atoms with Crippen LogP contribution in [-0.2, 0) is 26.1 Å². The number of hydrogen-bond acceptors (Lipinski definition) is 7. The van der Waals surface area contributed by atoms with E-state index in [1.807, 2.05) is 0 Å². The molecule has 20 heavy (non-hydrogen) atoms. The zero-order valence-electron chi connectivity index (χ0n) is 10.2. The number of sulfonamides is 1. The minimum absolute atomic E-state index is 0.0904. The normalized spacial score (nSPS) is 12.6. The van der Waals surface area contributed by atoms with Gasteiger partial charge in [0.2, 0.25) is 0 Å². The number of imidazole rings is 1. The second-order valence-electron chi connectivity index (χ2n) is 3.81. The summed E-state index contributed by atoms with van der Waals surface area (Å²) in [6.45, 7) is 1.42. The van der Waals surface area contributed by atoms with E-state index in [0.29, 0.717) is 11.3 Å². The van der Waals surface area contributed by atoms with Gasteiger partial charge in [0.1, 0.15) is 0 Å². The predicted molar refractivity (Wildman–Crippen MR) is 73.9 cm³/mol. The van der Waals surface area contributed by atoms with Gasteiger partial charge < -0.3 is 4.57 Å². The molecule has 0 aliphatic rings. The highest BCUT2D eigenvalue weighted by atomic mass is 35.7. The molecule has 2 aromatic rings. The van der Waals surface area contributed by atoms with Crippen LogP contribution < -0.4 is 4.72 Å². The number of nitrogens with zero attached hydrogens (tertiary/aromatic N) is 3. The minimum Gasteiger partial charge on any atom is -0.339 e. The van der Waals surface area contributed by atoms with Crippen LogP contribution in [0.2, 0.25) is 0 Å². The van der Waals surface area contributed by atoms with Gasteiger partial charge >= 0.3 is 0 Å². The van der Waals surface area contributed by atoms with E-state index in [-0.39, 0.29) is 20.1 Å². The molecule has 0 unspecified atom stereocenters. The second-order valence-corrected chi connectivity index (χ2v) is 9.20. The van der Waals surface area contributed by atoms with Crippen molar-refractivity contribution < 1.29 is 16.8 Å². The summed E-state index contributed by atoms with van der Waals surface area (Å²) in [6.07, 6.45) is 2.64. The Morgan fingerprint density at radius 2 is 2.00 bits per heavy atom. The van der Waals surface area contributed by atoms with Crippen LogP contribution in [0.5, 0.6) is 0 Å². The average Bonchev–Trinajstić information content (AvgIpc) is 2.84. The number of anilines is 1. The van der Waals surface area contributed by atoms with Crippen LogP contribution >= 0.6 is 22.0 Å². The minimum atomic E-state index is -3.96. The number of aromatic nitrogens is 3. The third kappa shape index (κ3) is 3.11. The van der Waals surface area contributed by atoms with Crippen LogP contribution in [0.15, 0.2) is 21.8 Å². The Morgan fingerprint density at radius 1 is 1.35 bits per heavy atom.